The van der Waals surface area contributed by atoms with Gasteiger partial charge in [0.2, 0.25) is 0 Å². The first-order valence-corrected chi connectivity index (χ1v) is 6.45. The third-order valence-corrected chi connectivity index (χ3v) is 3.68. The van der Waals surface area contributed by atoms with Crippen molar-refractivity contribution in [1.29, 1.82) is 0 Å². The van der Waals surface area contributed by atoms with Crippen molar-refractivity contribution in [1.82, 2.24) is 9.88 Å². The van der Waals surface area contributed by atoms with E-state index in [1.54, 1.807) is 6.20 Å². The predicted molar refractivity (Wildman–Crippen MR) is 67.5 cm³/mol. The molecule has 2 nitrogen and oxygen atoms in total. The molecular formula is C13H19ClN2. The van der Waals surface area contributed by atoms with Crippen molar-refractivity contribution >= 4 is 11.6 Å². The van der Waals surface area contributed by atoms with Crippen LogP contribution in [-0.4, -0.2) is 23.0 Å². The SMILES string of the molecule is CC1CCCN(Cc2cccnc2Cl)CC1. The van der Waals surface area contributed by atoms with Gasteiger partial charge in [-0.15, -0.1) is 0 Å². The van der Waals surface area contributed by atoms with Crippen molar-refractivity contribution in [2.45, 2.75) is 32.7 Å². The Kier molecular flexibility index (Phi) is 4.19. The molecule has 0 aromatic carbocycles. The molecule has 1 atom stereocenters. The predicted octanol–water partition coefficient (Wildman–Crippen LogP) is 3.36. The molecule has 0 spiro atoms. The fraction of sp³-hybridized carbons (Fsp3) is 0.615. The molecule has 0 aliphatic carbocycles. The molecule has 0 bridgehead atoms. The van der Waals surface area contributed by atoms with E-state index in [2.05, 4.69) is 22.9 Å². The first-order valence-electron chi connectivity index (χ1n) is 6.07. The van der Waals surface area contributed by atoms with Crippen LogP contribution in [0.4, 0.5) is 0 Å². The number of likely N-dealkylation sites (tertiary alicyclic amines) is 1. The summed E-state index contributed by atoms with van der Waals surface area (Å²) in [4.78, 5) is 6.61. The molecule has 1 aliphatic heterocycles. The fourth-order valence-corrected chi connectivity index (χ4v) is 2.44. The van der Waals surface area contributed by atoms with Crippen LogP contribution in [0.5, 0.6) is 0 Å². The Morgan fingerprint density at radius 1 is 1.44 bits per heavy atom. The summed E-state index contributed by atoms with van der Waals surface area (Å²) in [5.74, 6) is 0.870. The second-order valence-electron chi connectivity index (χ2n) is 4.77. The summed E-state index contributed by atoms with van der Waals surface area (Å²) in [5.41, 5.74) is 1.15. The number of hydrogen-bond acceptors (Lipinski definition) is 2. The van der Waals surface area contributed by atoms with Gasteiger partial charge in [-0.05, 0) is 44.3 Å². The van der Waals surface area contributed by atoms with Crippen LogP contribution in [-0.2, 0) is 6.54 Å². The van der Waals surface area contributed by atoms with Crippen LogP contribution in [0.1, 0.15) is 31.7 Å². The molecule has 1 fully saturated rings. The molecule has 0 saturated carbocycles. The molecule has 3 heteroatoms. The Labute approximate surface area is 103 Å². The normalized spacial score (nSPS) is 23.0. The molecule has 88 valence electrons. The molecular weight excluding hydrogens is 220 g/mol. The van der Waals surface area contributed by atoms with Crippen molar-refractivity contribution in [3.8, 4) is 0 Å². The summed E-state index contributed by atoms with van der Waals surface area (Å²) in [6.07, 6.45) is 5.71. The monoisotopic (exact) mass is 238 g/mol. The number of pyridine rings is 1. The highest BCUT2D eigenvalue weighted by Gasteiger charge is 2.14. The van der Waals surface area contributed by atoms with E-state index in [4.69, 9.17) is 11.6 Å². The summed E-state index contributed by atoms with van der Waals surface area (Å²) in [5, 5.41) is 0.653. The first kappa shape index (κ1) is 11.9. The van der Waals surface area contributed by atoms with Gasteiger partial charge in [0, 0.05) is 18.3 Å². The minimum atomic E-state index is 0.653. The lowest BCUT2D eigenvalue weighted by Crippen LogP contribution is -2.24. The lowest BCUT2D eigenvalue weighted by atomic mass is 10.0. The topological polar surface area (TPSA) is 16.1 Å². The Bertz CT molecular complexity index is 340. The van der Waals surface area contributed by atoms with Crippen molar-refractivity contribution in [2.24, 2.45) is 5.92 Å². The maximum Gasteiger partial charge on any atom is 0.133 e. The van der Waals surface area contributed by atoms with Gasteiger partial charge in [0.05, 0.1) is 0 Å². The highest BCUT2D eigenvalue weighted by molar-refractivity contribution is 6.30. The van der Waals surface area contributed by atoms with Crippen LogP contribution in [0.3, 0.4) is 0 Å². The van der Waals surface area contributed by atoms with Crippen molar-refractivity contribution in [3.63, 3.8) is 0 Å². The third kappa shape index (κ3) is 3.19. The lowest BCUT2D eigenvalue weighted by molar-refractivity contribution is 0.273. The summed E-state index contributed by atoms with van der Waals surface area (Å²) >= 11 is 6.08. The molecule has 1 unspecified atom stereocenters. The van der Waals surface area contributed by atoms with Gasteiger partial charge in [-0.3, -0.25) is 4.90 Å². The zero-order valence-corrected chi connectivity index (χ0v) is 10.6. The van der Waals surface area contributed by atoms with Crippen LogP contribution in [0.2, 0.25) is 5.15 Å². The second-order valence-corrected chi connectivity index (χ2v) is 5.12. The number of hydrogen-bond donors (Lipinski definition) is 0. The lowest BCUT2D eigenvalue weighted by Gasteiger charge is -2.20. The van der Waals surface area contributed by atoms with Crippen LogP contribution in [0, 0.1) is 5.92 Å². The van der Waals surface area contributed by atoms with Crippen LogP contribution < -0.4 is 0 Å². The van der Waals surface area contributed by atoms with Crippen molar-refractivity contribution in [3.05, 3.63) is 29.0 Å². The molecule has 1 aliphatic rings. The number of aromatic nitrogens is 1. The molecule has 16 heavy (non-hydrogen) atoms. The molecule has 0 amide bonds. The number of halogens is 1. The molecule has 0 radical (unpaired) electrons. The van der Waals surface area contributed by atoms with E-state index in [9.17, 15) is 0 Å². The van der Waals surface area contributed by atoms with E-state index >= 15 is 0 Å². The van der Waals surface area contributed by atoms with Gasteiger partial charge in [0.25, 0.3) is 0 Å². The highest BCUT2D eigenvalue weighted by atomic mass is 35.5. The standard InChI is InChI=1S/C13H19ClN2/c1-11-4-3-8-16(9-6-11)10-12-5-2-7-15-13(12)14/h2,5,7,11H,3-4,6,8-10H2,1H3. The smallest absolute Gasteiger partial charge is 0.133 e. The van der Waals surface area contributed by atoms with Crippen molar-refractivity contribution < 1.29 is 0 Å². The zero-order chi connectivity index (χ0) is 11.4. The van der Waals surface area contributed by atoms with Crippen LogP contribution in [0.25, 0.3) is 0 Å². The number of nitrogens with zero attached hydrogens (tertiary/aromatic N) is 2. The Hall–Kier alpha value is -0.600. The largest absolute Gasteiger partial charge is 0.299 e. The highest BCUT2D eigenvalue weighted by Crippen LogP contribution is 2.20. The Morgan fingerprint density at radius 2 is 2.31 bits per heavy atom. The van der Waals surface area contributed by atoms with Gasteiger partial charge < -0.3 is 0 Å². The van der Waals surface area contributed by atoms with E-state index in [0.29, 0.717) is 5.15 Å². The number of rotatable bonds is 2. The van der Waals surface area contributed by atoms with Gasteiger partial charge in [-0.1, -0.05) is 24.6 Å². The van der Waals surface area contributed by atoms with E-state index in [1.807, 2.05) is 6.07 Å². The summed E-state index contributed by atoms with van der Waals surface area (Å²) in [6.45, 7) is 5.67. The summed E-state index contributed by atoms with van der Waals surface area (Å²) in [6, 6.07) is 4.03. The average molecular weight is 239 g/mol. The summed E-state index contributed by atoms with van der Waals surface area (Å²) in [7, 11) is 0. The fourth-order valence-electron chi connectivity index (χ4n) is 2.26. The Morgan fingerprint density at radius 3 is 3.12 bits per heavy atom. The molecule has 0 N–H and O–H groups in total. The maximum atomic E-state index is 6.08. The quantitative estimate of drug-likeness (QED) is 0.735. The van der Waals surface area contributed by atoms with E-state index in [-0.39, 0.29) is 0 Å². The maximum absolute atomic E-state index is 6.08. The minimum absolute atomic E-state index is 0.653. The molecule has 1 aromatic rings. The average Bonchev–Trinajstić information content (AvgIpc) is 2.47. The van der Waals surface area contributed by atoms with Gasteiger partial charge in [0.15, 0.2) is 0 Å². The van der Waals surface area contributed by atoms with E-state index < -0.39 is 0 Å². The first-order chi connectivity index (χ1) is 7.75. The molecule has 1 aromatic heterocycles. The van der Waals surface area contributed by atoms with Gasteiger partial charge in [0.1, 0.15) is 5.15 Å². The molecule has 2 rings (SSSR count). The third-order valence-electron chi connectivity index (χ3n) is 3.34. The van der Waals surface area contributed by atoms with E-state index in [0.717, 1.165) is 18.0 Å². The minimum Gasteiger partial charge on any atom is -0.299 e. The summed E-state index contributed by atoms with van der Waals surface area (Å²) < 4.78 is 0. The Balaban J connectivity index is 1.96. The molecule has 2 heterocycles. The van der Waals surface area contributed by atoms with Gasteiger partial charge >= 0.3 is 0 Å². The van der Waals surface area contributed by atoms with Crippen LogP contribution >= 0.6 is 11.6 Å². The zero-order valence-electron chi connectivity index (χ0n) is 9.82. The van der Waals surface area contributed by atoms with Crippen LogP contribution in [0.15, 0.2) is 18.3 Å². The second kappa shape index (κ2) is 5.65. The molecule has 1 saturated heterocycles. The van der Waals surface area contributed by atoms with Gasteiger partial charge in [-0.25, -0.2) is 4.98 Å². The van der Waals surface area contributed by atoms with Crippen molar-refractivity contribution in [2.75, 3.05) is 13.1 Å². The van der Waals surface area contributed by atoms with E-state index in [1.165, 1.54) is 32.4 Å². The van der Waals surface area contributed by atoms with Gasteiger partial charge in [-0.2, -0.15) is 0 Å².